The molecule has 2 aromatic carbocycles. The Hall–Kier alpha value is -2.66. The molecule has 116 valence electrons. The smallest absolute Gasteiger partial charge is 0.262 e. The number of benzene rings is 2. The first-order chi connectivity index (χ1) is 11.2. The first kappa shape index (κ1) is 15.2. The Morgan fingerprint density at radius 2 is 1.96 bits per heavy atom. The lowest BCUT2D eigenvalue weighted by molar-refractivity contribution is -0.121. The fourth-order valence-corrected chi connectivity index (χ4v) is 2.80. The predicted octanol–water partition coefficient (Wildman–Crippen LogP) is 3.85. The van der Waals surface area contributed by atoms with Gasteiger partial charge < -0.3 is 5.32 Å². The summed E-state index contributed by atoms with van der Waals surface area (Å²) in [7, 11) is 0. The van der Waals surface area contributed by atoms with E-state index in [1.54, 1.807) is 17.6 Å². The van der Waals surface area contributed by atoms with Gasteiger partial charge in [-0.1, -0.05) is 36.4 Å². The Kier molecular flexibility index (Phi) is 4.68. The third kappa shape index (κ3) is 3.96. The molecule has 5 heteroatoms. The highest BCUT2D eigenvalue weighted by Gasteiger charge is 2.11. The van der Waals surface area contributed by atoms with Crippen molar-refractivity contribution in [1.82, 2.24) is 5.43 Å². The molecule has 0 radical (unpaired) electrons. The number of hydrogen-bond donors (Lipinski definition) is 2. The quantitative estimate of drug-likeness (QED) is 0.553. The van der Waals surface area contributed by atoms with Gasteiger partial charge in [0.2, 0.25) is 0 Å². The van der Waals surface area contributed by atoms with Gasteiger partial charge >= 0.3 is 0 Å². The highest BCUT2D eigenvalue weighted by Crippen LogP contribution is 2.19. The fraction of sp³-hybridized carbons (Fsp3) is 0.111. The van der Waals surface area contributed by atoms with Crippen LogP contribution < -0.4 is 10.7 Å². The lowest BCUT2D eigenvalue weighted by atomic mass is 10.1. The lowest BCUT2D eigenvalue weighted by Crippen LogP contribution is -2.34. The van der Waals surface area contributed by atoms with Gasteiger partial charge in [0.05, 0.1) is 6.21 Å². The zero-order chi connectivity index (χ0) is 16.1. The van der Waals surface area contributed by atoms with Crippen LogP contribution in [0.15, 0.2) is 65.1 Å². The summed E-state index contributed by atoms with van der Waals surface area (Å²) >= 11 is 1.57. The second-order valence-corrected chi connectivity index (χ2v) is 6.16. The fourth-order valence-electron chi connectivity index (χ4n) is 2.22. The molecule has 1 atom stereocenters. The number of fused-ring (bicyclic) bond motifs is 1. The molecule has 4 nitrogen and oxygen atoms in total. The Balaban J connectivity index is 1.60. The Labute approximate surface area is 138 Å². The molecule has 1 unspecified atom stereocenters. The maximum atomic E-state index is 12.1. The van der Waals surface area contributed by atoms with Crippen LogP contribution in [0, 0.1) is 0 Å². The van der Waals surface area contributed by atoms with Gasteiger partial charge in [-0.25, -0.2) is 5.43 Å². The third-order valence-electron chi connectivity index (χ3n) is 3.44. The van der Waals surface area contributed by atoms with Crippen LogP contribution in [0.25, 0.3) is 10.8 Å². The lowest BCUT2D eigenvalue weighted by Gasteiger charge is -2.14. The maximum absolute atomic E-state index is 12.1. The average molecular weight is 323 g/mol. The molecule has 0 saturated carbocycles. The minimum absolute atomic E-state index is 0.175. The average Bonchev–Trinajstić information content (AvgIpc) is 3.08. The van der Waals surface area contributed by atoms with Gasteiger partial charge in [0.15, 0.2) is 0 Å². The van der Waals surface area contributed by atoms with Gasteiger partial charge in [0, 0.05) is 10.6 Å². The van der Waals surface area contributed by atoms with E-state index in [2.05, 4.69) is 28.0 Å². The number of hydrazone groups is 1. The van der Waals surface area contributed by atoms with Crippen molar-refractivity contribution < 1.29 is 4.79 Å². The summed E-state index contributed by atoms with van der Waals surface area (Å²) in [5.41, 5.74) is 3.46. The molecule has 2 N–H and O–H groups in total. The molecule has 3 aromatic rings. The van der Waals surface area contributed by atoms with Gasteiger partial charge in [-0.2, -0.15) is 5.10 Å². The minimum Gasteiger partial charge on any atom is -0.374 e. The number of thiophene rings is 1. The van der Waals surface area contributed by atoms with E-state index >= 15 is 0 Å². The molecule has 0 spiro atoms. The van der Waals surface area contributed by atoms with E-state index < -0.39 is 0 Å². The van der Waals surface area contributed by atoms with Crippen molar-refractivity contribution >= 4 is 39.9 Å². The van der Waals surface area contributed by atoms with Crippen molar-refractivity contribution in [3.05, 3.63) is 64.9 Å². The number of hydrogen-bond acceptors (Lipinski definition) is 4. The summed E-state index contributed by atoms with van der Waals surface area (Å²) in [5.74, 6) is -0.175. The summed E-state index contributed by atoms with van der Waals surface area (Å²) in [6, 6.07) is 17.7. The molecule has 3 rings (SSSR count). The summed E-state index contributed by atoms with van der Waals surface area (Å²) < 4.78 is 0. The molecule has 0 aliphatic carbocycles. The van der Waals surface area contributed by atoms with Gasteiger partial charge in [0.1, 0.15) is 6.04 Å². The number of anilines is 1. The molecule has 0 fully saturated rings. The van der Waals surface area contributed by atoms with Crippen LogP contribution in [0.3, 0.4) is 0 Å². The largest absolute Gasteiger partial charge is 0.374 e. The van der Waals surface area contributed by atoms with E-state index in [9.17, 15) is 4.79 Å². The van der Waals surface area contributed by atoms with Gasteiger partial charge in [0.25, 0.3) is 5.91 Å². The van der Waals surface area contributed by atoms with Crippen LogP contribution in [0.4, 0.5) is 5.69 Å². The molecule has 0 aliphatic heterocycles. The summed E-state index contributed by atoms with van der Waals surface area (Å²) in [6.45, 7) is 1.81. The Morgan fingerprint density at radius 3 is 2.74 bits per heavy atom. The first-order valence-electron chi connectivity index (χ1n) is 7.34. The van der Waals surface area contributed by atoms with Crippen molar-refractivity contribution in [2.75, 3.05) is 5.32 Å². The maximum Gasteiger partial charge on any atom is 0.262 e. The number of carbonyl (C=O) groups is 1. The highest BCUT2D eigenvalue weighted by atomic mass is 32.1. The van der Waals surface area contributed by atoms with Crippen molar-refractivity contribution in [3.63, 3.8) is 0 Å². The number of rotatable bonds is 5. The van der Waals surface area contributed by atoms with Crippen LogP contribution in [0.1, 0.15) is 11.8 Å². The topological polar surface area (TPSA) is 53.5 Å². The highest BCUT2D eigenvalue weighted by molar-refractivity contribution is 7.11. The van der Waals surface area contributed by atoms with Crippen LogP contribution >= 0.6 is 11.3 Å². The van der Waals surface area contributed by atoms with Crippen LogP contribution in [0.2, 0.25) is 0 Å². The van der Waals surface area contributed by atoms with Crippen molar-refractivity contribution in [2.45, 2.75) is 13.0 Å². The van der Waals surface area contributed by atoms with E-state index in [1.165, 1.54) is 5.39 Å². The molecular weight excluding hydrogens is 306 g/mol. The second-order valence-electron chi connectivity index (χ2n) is 5.18. The van der Waals surface area contributed by atoms with E-state index in [-0.39, 0.29) is 11.9 Å². The van der Waals surface area contributed by atoms with Gasteiger partial charge in [-0.05, 0) is 41.3 Å². The predicted molar refractivity (Wildman–Crippen MR) is 97.1 cm³/mol. The Bertz CT molecular complexity index is 827. The summed E-state index contributed by atoms with van der Waals surface area (Å²) in [5, 5.41) is 11.4. The molecule has 0 bridgehead atoms. The van der Waals surface area contributed by atoms with Crippen molar-refractivity contribution in [1.29, 1.82) is 0 Å². The van der Waals surface area contributed by atoms with Crippen molar-refractivity contribution in [3.8, 4) is 0 Å². The zero-order valence-corrected chi connectivity index (χ0v) is 13.5. The number of amides is 1. The molecule has 0 saturated heterocycles. The van der Waals surface area contributed by atoms with E-state index in [4.69, 9.17) is 0 Å². The van der Waals surface area contributed by atoms with Crippen molar-refractivity contribution in [2.24, 2.45) is 5.10 Å². The van der Waals surface area contributed by atoms with E-state index in [0.29, 0.717) is 0 Å². The van der Waals surface area contributed by atoms with Gasteiger partial charge in [-0.15, -0.1) is 11.3 Å². The minimum atomic E-state index is -0.378. The molecule has 1 aromatic heterocycles. The van der Waals surface area contributed by atoms with Crippen LogP contribution in [0.5, 0.6) is 0 Å². The first-order valence-corrected chi connectivity index (χ1v) is 8.22. The monoisotopic (exact) mass is 323 g/mol. The number of nitrogens with one attached hydrogen (secondary N) is 2. The SMILES string of the molecule is CC(Nc1ccc2ccccc2c1)C(=O)NN=Cc1cccs1. The van der Waals surface area contributed by atoms with E-state index in [1.807, 2.05) is 54.8 Å². The second kappa shape index (κ2) is 7.07. The third-order valence-corrected chi connectivity index (χ3v) is 4.24. The molecule has 23 heavy (non-hydrogen) atoms. The molecule has 1 heterocycles. The number of nitrogens with zero attached hydrogens (tertiary/aromatic N) is 1. The Morgan fingerprint density at radius 1 is 1.13 bits per heavy atom. The molecule has 0 aliphatic rings. The van der Waals surface area contributed by atoms with Gasteiger partial charge in [-0.3, -0.25) is 4.79 Å². The van der Waals surface area contributed by atoms with E-state index in [0.717, 1.165) is 16.0 Å². The normalized spacial score (nSPS) is 12.4. The molecular formula is C18H17N3OS. The zero-order valence-electron chi connectivity index (χ0n) is 12.7. The summed E-state index contributed by atoms with van der Waals surface area (Å²) in [4.78, 5) is 13.1. The van der Waals surface area contributed by atoms with Crippen LogP contribution in [-0.2, 0) is 4.79 Å². The summed E-state index contributed by atoms with van der Waals surface area (Å²) in [6.07, 6.45) is 1.64. The molecule has 1 amide bonds. The van der Waals surface area contributed by atoms with Crippen LogP contribution in [-0.4, -0.2) is 18.2 Å². The standard InChI is InChI=1S/C18H17N3OS/c1-13(18(22)21-19-12-17-7-4-10-23-17)20-16-9-8-14-5-2-3-6-15(14)11-16/h2-13,20H,1H3,(H,21,22). The number of carbonyl (C=O) groups excluding carboxylic acids is 1.